The van der Waals surface area contributed by atoms with E-state index in [1.165, 1.54) is 4.90 Å². The Kier molecular flexibility index (Phi) is 7.35. The smallest absolute Gasteiger partial charge is 0.279 e. The van der Waals surface area contributed by atoms with E-state index in [-0.39, 0.29) is 5.91 Å². The highest BCUT2D eigenvalue weighted by Crippen LogP contribution is 2.25. The third kappa shape index (κ3) is 6.31. The molecule has 1 saturated heterocycles. The SMILES string of the molecule is Cc1cc(C)cc(NC(=O)C[NH+]2CCN(C(=S)Nc3ccc(Cl)cc3Cl)CC2)c1. The number of quaternary nitrogens is 1. The molecule has 0 aromatic heterocycles. The number of aryl methyl sites for hydroxylation is 2. The van der Waals surface area contributed by atoms with Gasteiger partial charge < -0.3 is 20.4 Å². The molecule has 1 aliphatic rings. The van der Waals surface area contributed by atoms with Gasteiger partial charge in [-0.2, -0.15) is 0 Å². The van der Waals surface area contributed by atoms with Crippen LogP contribution in [0.3, 0.4) is 0 Å². The van der Waals surface area contributed by atoms with Crippen LogP contribution in [0.1, 0.15) is 11.1 Å². The second-order valence-electron chi connectivity index (χ2n) is 7.39. The molecule has 0 atom stereocenters. The summed E-state index contributed by atoms with van der Waals surface area (Å²) in [4.78, 5) is 15.8. The van der Waals surface area contributed by atoms with E-state index < -0.39 is 0 Å². The predicted molar refractivity (Wildman–Crippen MR) is 124 cm³/mol. The second kappa shape index (κ2) is 9.76. The van der Waals surface area contributed by atoms with Crippen molar-refractivity contribution in [2.45, 2.75) is 13.8 Å². The summed E-state index contributed by atoms with van der Waals surface area (Å²) in [7, 11) is 0. The molecule has 0 aliphatic carbocycles. The van der Waals surface area contributed by atoms with Gasteiger partial charge in [-0.05, 0) is 67.5 Å². The molecule has 0 unspecified atom stereocenters. The molecule has 2 aromatic carbocycles. The fourth-order valence-corrected chi connectivity index (χ4v) is 4.22. The van der Waals surface area contributed by atoms with Gasteiger partial charge in [-0.1, -0.05) is 29.3 Å². The lowest BCUT2D eigenvalue weighted by Gasteiger charge is -2.33. The topological polar surface area (TPSA) is 48.8 Å². The van der Waals surface area contributed by atoms with Crippen LogP contribution in [-0.4, -0.2) is 48.6 Å². The van der Waals surface area contributed by atoms with Crippen molar-refractivity contribution in [1.29, 1.82) is 0 Å². The number of thiocarbonyl (C=S) groups is 1. The molecule has 1 fully saturated rings. The molecule has 154 valence electrons. The number of nitrogens with zero attached hydrogens (tertiary/aromatic N) is 1. The molecule has 8 heteroatoms. The van der Waals surface area contributed by atoms with Crippen LogP contribution in [0, 0.1) is 13.8 Å². The Morgan fingerprint density at radius 3 is 2.34 bits per heavy atom. The van der Waals surface area contributed by atoms with Crippen molar-refractivity contribution in [3.8, 4) is 0 Å². The Balaban J connectivity index is 1.47. The van der Waals surface area contributed by atoms with Gasteiger partial charge in [0.05, 0.1) is 36.9 Å². The summed E-state index contributed by atoms with van der Waals surface area (Å²) < 4.78 is 0. The van der Waals surface area contributed by atoms with Crippen LogP contribution in [0.5, 0.6) is 0 Å². The van der Waals surface area contributed by atoms with Crippen molar-refractivity contribution < 1.29 is 9.69 Å². The van der Waals surface area contributed by atoms with E-state index in [2.05, 4.69) is 21.6 Å². The number of halogens is 2. The molecule has 0 bridgehead atoms. The zero-order chi connectivity index (χ0) is 21.0. The number of carbonyl (C=O) groups excluding carboxylic acids is 1. The van der Waals surface area contributed by atoms with Crippen molar-refractivity contribution in [1.82, 2.24) is 4.90 Å². The minimum absolute atomic E-state index is 0.0343. The monoisotopic (exact) mass is 451 g/mol. The summed E-state index contributed by atoms with van der Waals surface area (Å²) in [6.07, 6.45) is 0. The molecule has 5 nitrogen and oxygen atoms in total. The standard InChI is InChI=1S/C21H24Cl2N4OS/c1-14-9-15(2)11-17(10-14)24-20(28)13-26-5-7-27(8-6-26)21(29)25-19-4-3-16(22)12-18(19)23/h3-4,9-12H,5-8,13H2,1-2H3,(H,24,28)(H,25,29)/p+1. The van der Waals surface area contributed by atoms with Crippen LogP contribution in [-0.2, 0) is 4.79 Å². The maximum Gasteiger partial charge on any atom is 0.279 e. The van der Waals surface area contributed by atoms with E-state index in [9.17, 15) is 4.79 Å². The zero-order valence-corrected chi connectivity index (χ0v) is 18.8. The van der Waals surface area contributed by atoms with E-state index in [1.807, 2.05) is 32.0 Å². The number of carbonyl (C=O) groups is 1. The van der Waals surface area contributed by atoms with Gasteiger partial charge in [0.1, 0.15) is 0 Å². The van der Waals surface area contributed by atoms with Crippen molar-refractivity contribution >= 4 is 57.8 Å². The van der Waals surface area contributed by atoms with Crippen LogP contribution >= 0.6 is 35.4 Å². The molecule has 1 amide bonds. The molecule has 3 N–H and O–H groups in total. The van der Waals surface area contributed by atoms with E-state index >= 15 is 0 Å². The van der Waals surface area contributed by atoms with Crippen LogP contribution in [0.4, 0.5) is 11.4 Å². The highest BCUT2D eigenvalue weighted by atomic mass is 35.5. The number of benzene rings is 2. The van der Waals surface area contributed by atoms with E-state index in [0.29, 0.717) is 21.7 Å². The summed E-state index contributed by atoms with van der Waals surface area (Å²) in [5.41, 5.74) is 3.88. The maximum absolute atomic E-state index is 12.4. The number of rotatable bonds is 4. The minimum atomic E-state index is 0.0343. The maximum atomic E-state index is 12.4. The summed E-state index contributed by atoms with van der Waals surface area (Å²) in [6.45, 7) is 7.76. The van der Waals surface area contributed by atoms with Crippen LogP contribution in [0.15, 0.2) is 36.4 Å². The van der Waals surface area contributed by atoms with E-state index in [4.69, 9.17) is 35.4 Å². The van der Waals surface area contributed by atoms with Gasteiger partial charge in [0.25, 0.3) is 5.91 Å². The first kappa shape index (κ1) is 21.8. The Morgan fingerprint density at radius 2 is 1.72 bits per heavy atom. The van der Waals surface area contributed by atoms with Crippen molar-refractivity contribution in [3.05, 3.63) is 57.6 Å². The second-order valence-corrected chi connectivity index (χ2v) is 8.62. The fourth-order valence-electron chi connectivity index (χ4n) is 3.47. The Labute approximate surface area is 187 Å². The first-order chi connectivity index (χ1) is 13.8. The number of anilines is 2. The Morgan fingerprint density at radius 1 is 1.07 bits per heavy atom. The van der Waals surface area contributed by atoms with Gasteiger partial charge in [0, 0.05) is 10.7 Å². The first-order valence-corrected chi connectivity index (χ1v) is 10.7. The summed E-state index contributed by atoms with van der Waals surface area (Å²) in [5, 5.41) is 7.95. The quantitative estimate of drug-likeness (QED) is 0.624. The minimum Gasteiger partial charge on any atom is -0.338 e. The summed E-state index contributed by atoms with van der Waals surface area (Å²) in [6, 6.07) is 11.3. The Bertz CT molecular complexity index is 893. The van der Waals surface area contributed by atoms with Crippen LogP contribution in [0.25, 0.3) is 0 Å². The highest BCUT2D eigenvalue weighted by molar-refractivity contribution is 7.80. The van der Waals surface area contributed by atoms with Gasteiger partial charge in [-0.3, -0.25) is 4.79 Å². The Hall–Kier alpha value is -1.86. The van der Waals surface area contributed by atoms with Crippen LogP contribution in [0.2, 0.25) is 10.0 Å². The number of nitrogens with one attached hydrogen (secondary N) is 3. The summed E-state index contributed by atoms with van der Waals surface area (Å²) in [5.74, 6) is 0.0343. The van der Waals surface area contributed by atoms with Gasteiger partial charge >= 0.3 is 0 Å². The first-order valence-electron chi connectivity index (χ1n) is 9.53. The zero-order valence-electron chi connectivity index (χ0n) is 16.5. The average Bonchev–Trinajstić information content (AvgIpc) is 2.63. The molecular weight excluding hydrogens is 427 g/mol. The van der Waals surface area contributed by atoms with Gasteiger partial charge in [-0.15, -0.1) is 0 Å². The lowest BCUT2D eigenvalue weighted by atomic mass is 10.1. The van der Waals surface area contributed by atoms with Crippen molar-refractivity contribution in [2.24, 2.45) is 0 Å². The van der Waals surface area contributed by atoms with Gasteiger partial charge in [0.2, 0.25) is 0 Å². The fraction of sp³-hybridized carbons (Fsp3) is 0.333. The molecule has 0 spiro atoms. The molecule has 1 heterocycles. The number of hydrogen-bond acceptors (Lipinski definition) is 2. The number of hydrogen-bond donors (Lipinski definition) is 3. The predicted octanol–water partition coefficient (Wildman–Crippen LogP) is 3.15. The van der Waals surface area contributed by atoms with E-state index in [0.717, 1.165) is 48.7 Å². The normalized spacial score (nSPS) is 14.6. The lowest BCUT2D eigenvalue weighted by molar-refractivity contribution is -0.895. The highest BCUT2D eigenvalue weighted by Gasteiger charge is 2.24. The average molecular weight is 452 g/mol. The van der Waals surface area contributed by atoms with Crippen molar-refractivity contribution in [3.63, 3.8) is 0 Å². The largest absolute Gasteiger partial charge is 0.338 e. The third-order valence-electron chi connectivity index (χ3n) is 4.85. The molecule has 2 aromatic rings. The summed E-state index contributed by atoms with van der Waals surface area (Å²) >= 11 is 17.7. The number of piperazine rings is 1. The molecule has 3 rings (SSSR count). The molecular formula is C21H25Cl2N4OS+. The van der Waals surface area contributed by atoms with Crippen molar-refractivity contribution in [2.75, 3.05) is 43.4 Å². The molecule has 29 heavy (non-hydrogen) atoms. The lowest BCUT2D eigenvalue weighted by Crippen LogP contribution is -3.15. The molecule has 0 radical (unpaired) electrons. The molecule has 0 saturated carbocycles. The molecule has 1 aliphatic heterocycles. The number of amides is 1. The van der Waals surface area contributed by atoms with Gasteiger partial charge in [-0.25, -0.2) is 0 Å². The van der Waals surface area contributed by atoms with E-state index in [1.54, 1.807) is 12.1 Å². The van der Waals surface area contributed by atoms with Gasteiger partial charge in [0.15, 0.2) is 11.7 Å². The third-order valence-corrected chi connectivity index (χ3v) is 5.75. The van der Waals surface area contributed by atoms with Crippen LogP contribution < -0.4 is 15.5 Å².